The van der Waals surface area contributed by atoms with Gasteiger partial charge in [-0.1, -0.05) is 61.2 Å². The van der Waals surface area contributed by atoms with Crippen LogP contribution in [0.5, 0.6) is 0 Å². The third-order valence-corrected chi connectivity index (χ3v) is 6.28. The monoisotopic (exact) mass is 404 g/mol. The molecule has 1 heterocycles. The minimum atomic E-state index is -0.180. The molecule has 1 aliphatic carbocycles. The number of fused-ring (bicyclic) bond motifs is 1. The molecule has 5 heteroatoms. The fourth-order valence-corrected chi connectivity index (χ4v) is 4.69. The lowest BCUT2D eigenvalue weighted by Gasteiger charge is -2.48. The van der Waals surface area contributed by atoms with E-state index in [1.807, 2.05) is 30.3 Å². The molecule has 2 N–H and O–H groups in total. The van der Waals surface area contributed by atoms with Gasteiger partial charge in [0.2, 0.25) is 11.8 Å². The molecule has 2 aliphatic rings. The molecule has 1 atom stereocenters. The second kappa shape index (κ2) is 8.84. The molecule has 30 heavy (non-hydrogen) atoms. The zero-order valence-electron chi connectivity index (χ0n) is 17.1. The van der Waals surface area contributed by atoms with Crippen LogP contribution in [0, 0.1) is 0 Å². The molecule has 4 rings (SSSR count). The summed E-state index contributed by atoms with van der Waals surface area (Å²) in [5.41, 5.74) is 3.42. The van der Waals surface area contributed by atoms with Crippen molar-refractivity contribution in [1.29, 1.82) is 0 Å². The van der Waals surface area contributed by atoms with Gasteiger partial charge in [-0.3, -0.25) is 9.59 Å². The van der Waals surface area contributed by atoms with Crippen LogP contribution in [-0.2, 0) is 26.2 Å². The van der Waals surface area contributed by atoms with E-state index in [0.29, 0.717) is 19.6 Å². The standard InChI is InChI=1S/C25H28N2O3/c1-2-23(28)26-17-25(19-9-4-3-5-10-19)15-20(16-25)27-24(29)14-22-21-11-7-6-8-18(21)12-13-30-22/h2-11,20,22H,1,12-17H2,(H,26,28)(H,27,29). The third kappa shape index (κ3) is 4.31. The maximum atomic E-state index is 12.7. The Morgan fingerprint density at radius 2 is 1.83 bits per heavy atom. The highest BCUT2D eigenvalue weighted by molar-refractivity contribution is 5.87. The van der Waals surface area contributed by atoms with Gasteiger partial charge in [-0.25, -0.2) is 0 Å². The highest BCUT2D eigenvalue weighted by Crippen LogP contribution is 2.43. The van der Waals surface area contributed by atoms with Crippen molar-refractivity contribution in [2.24, 2.45) is 0 Å². The summed E-state index contributed by atoms with van der Waals surface area (Å²) in [6, 6.07) is 18.5. The van der Waals surface area contributed by atoms with E-state index in [-0.39, 0.29) is 29.4 Å². The predicted molar refractivity (Wildman–Crippen MR) is 116 cm³/mol. The number of hydrogen-bond donors (Lipinski definition) is 2. The number of carbonyl (C=O) groups excluding carboxylic acids is 2. The fourth-order valence-electron chi connectivity index (χ4n) is 4.69. The quantitative estimate of drug-likeness (QED) is 0.697. The Bertz CT molecular complexity index is 919. The van der Waals surface area contributed by atoms with Crippen LogP contribution in [0.4, 0.5) is 0 Å². The van der Waals surface area contributed by atoms with Crippen LogP contribution in [0.25, 0.3) is 0 Å². The SMILES string of the molecule is C=CC(=O)NCC1(c2ccccc2)CC(NC(=O)CC2OCCc3ccccc32)C1. The number of rotatable bonds is 7. The summed E-state index contributed by atoms with van der Waals surface area (Å²) in [5, 5.41) is 6.10. The van der Waals surface area contributed by atoms with Crippen LogP contribution in [0.3, 0.4) is 0 Å². The Hall–Kier alpha value is -2.92. The van der Waals surface area contributed by atoms with E-state index < -0.39 is 0 Å². The number of hydrogen-bond acceptors (Lipinski definition) is 3. The van der Waals surface area contributed by atoms with E-state index in [1.165, 1.54) is 17.2 Å². The smallest absolute Gasteiger partial charge is 0.243 e. The lowest BCUT2D eigenvalue weighted by atomic mass is 9.61. The van der Waals surface area contributed by atoms with Crippen LogP contribution in [-0.4, -0.2) is 31.0 Å². The van der Waals surface area contributed by atoms with Crippen molar-refractivity contribution in [2.75, 3.05) is 13.2 Å². The highest BCUT2D eigenvalue weighted by Gasteiger charge is 2.46. The summed E-state index contributed by atoms with van der Waals surface area (Å²) in [6.45, 7) is 4.71. The molecule has 1 saturated carbocycles. The van der Waals surface area contributed by atoms with Crippen molar-refractivity contribution in [1.82, 2.24) is 10.6 Å². The topological polar surface area (TPSA) is 67.4 Å². The second-order valence-electron chi connectivity index (χ2n) is 8.25. The minimum absolute atomic E-state index is 0.0125. The molecule has 0 bridgehead atoms. The first-order valence-electron chi connectivity index (χ1n) is 10.5. The molecular formula is C25H28N2O3. The molecule has 0 aromatic heterocycles. The summed E-state index contributed by atoms with van der Waals surface area (Å²) in [7, 11) is 0. The zero-order chi connectivity index (χ0) is 21.0. The van der Waals surface area contributed by atoms with E-state index >= 15 is 0 Å². The van der Waals surface area contributed by atoms with Crippen molar-refractivity contribution < 1.29 is 14.3 Å². The van der Waals surface area contributed by atoms with Gasteiger partial charge in [0.05, 0.1) is 19.1 Å². The summed E-state index contributed by atoms with van der Waals surface area (Å²) in [4.78, 5) is 24.4. The van der Waals surface area contributed by atoms with E-state index in [9.17, 15) is 9.59 Å². The normalized spacial score (nSPS) is 24.8. The Morgan fingerprint density at radius 1 is 1.10 bits per heavy atom. The van der Waals surface area contributed by atoms with Gasteiger partial charge in [-0.05, 0) is 42.0 Å². The first-order valence-corrected chi connectivity index (χ1v) is 10.5. The van der Waals surface area contributed by atoms with Gasteiger partial charge in [-0.15, -0.1) is 0 Å². The molecule has 5 nitrogen and oxygen atoms in total. The lowest BCUT2D eigenvalue weighted by Crippen LogP contribution is -2.57. The van der Waals surface area contributed by atoms with Crippen LogP contribution in [0.2, 0.25) is 0 Å². The number of benzene rings is 2. The maximum Gasteiger partial charge on any atom is 0.243 e. The Morgan fingerprint density at radius 3 is 2.60 bits per heavy atom. The number of ether oxygens (including phenoxy) is 1. The number of nitrogens with one attached hydrogen (secondary N) is 2. The number of amides is 2. The molecule has 2 aromatic carbocycles. The largest absolute Gasteiger partial charge is 0.373 e. The first-order chi connectivity index (χ1) is 14.6. The van der Waals surface area contributed by atoms with Crippen molar-refractivity contribution in [3.05, 3.63) is 83.9 Å². The van der Waals surface area contributed by atoms with Gasteiger partial charge < -0.3 is 15.4 Å². The zero-order valence-corrected chi connectivity index (χ0v) is 17.1. The van der Waals surface area contributed by atoms with Crippen LogP contribution in [0.15, 0.2) is 67.3 Å². The van der Waals surface area contributed by atoms with E-state index in [1.54, 1.807) is 0 Å². The predicted octanol–water partition coefficient (Wildman–Crippen LogP) is 3.21. The lowest BCUT2D eigenvalue weighted by molar-refractivity contribution is -0.126. The molecule has 2 amide bonds. The average molecular weight is 405 g/mol. The summed E-state index contributed by atoms with van der Waals surface area (Å²) in [5.74, 6) is -0.163. The second-order valence-corrected chi connectivity index (χ2v) is 8.25. The average Bonchev–Trinajstić information content (AvgIpc) is 2.76. The van der Waals surface area contributed by atoms with Gasteiger partial charge in [0.1, 0.15) is 0 Å². The molecule has 2 aromatic rings. The molecule has 1 unspecified atom stereocenters. The molecule has 1 fully saturated rings. The van der Waals surface area contributed by atoms with Crippen molar-refractivity contribution in [3.8, 4) is 0 Å². The number of carbonyl (C=O) groups is 2. The fraction of sp³-hybridized carbons (Fsp3) is 0.360. The van der Waals surface area contributed by atoms with Crippen molar-refractivity contribution in [2.45, 2.75) is 43.2 Å². The van der Waals surface area contributed by atoms with Gasteiger partial charge >= 0.3 is 0 Å². The Balaban J connectivity index is 1.37. The Kier molecular flexibility index (Phi) is 6.00. The van der Waals surface area contributed by atoms with Crippen molar-refractivity contribution >= 4 is 11.8 Å². The van der Waals surface area contributed by atoms with Gasteiger partial charge in [0.15, 0.2) is 0 Å². The molecular weight excluding hydrogens is 376 g/mol. The molecule has 156 valence electrons. The molecule has 0 saturated heterocycles. The summed E-state index contributed by atoms with van der Waals surface area (Å²) >= 11 is 0. The van der Waals surface area contributed by atoms with E-state index in [0.717, 1.165) is 24.8 Å². The molecule has 0 spiro atoms. The van der Waals surface area contributed by atoms with Gasteiger partial charge in [0.25, 0.3) is 0 Å². The van der Waals surface area contributed by atoms with E-state index in [4.69, 9.17) is 4.74 Å². The maximum absolute atomic E-state index is 12.7. The molecule has 1 aliphatic heterocycles. The summed E-state index contributed by atoms with van der Waals surface area (Å²) in [6.07, 6.45) is 3.93. The van der Waals surface area contributed by atoms with Gasteiger partial charge in [-0.2, -0.15) is 0 Å². The Labute approximate surface area is 177 Å². The van der Waals surface area contributed by atoms with Crippen molar-refractivity contribution in [3.63, 3.8) is 0 Å². The molecule has 0 radical (unpaired) electrons. The van der Waals surface area contributed by atoms with Crippen LogP contribution < -0.4 is 10.6 Å². The van der Waals surface area contributed by atoms with Gasteiger partial charge in [0, 0.05) is 18.0 Å². The van der Waals surface area contributed by atoms with E-state index in [2.05, 4.69) is 41.5 Å². The first kappa shape index (κ1) is 20.4. The highest BCUT2D eigenvalue weighted by atomic mass is 16.5. The minimum Gasteiger partial charge on any atom is -0.373 e. The van der Waals surface area contributed by atoms with Crippen LogP contribution >= 0.6 is 0 Å². The summed E-state index contributed by atoms with van der Waals surface area (Å²) < 4.78 is 5.88. The third-order valence-electron chi connectivity index (χ3n) is 6.28. The van der Waals surface area contributed by atoms with Crippen LogP contribution in [0.1, 0.15) is 42.1 Å².